The van der Waals surface area contributed by atoms with Gasteiger partial charge in [-0.25, -0.2) is 4.39 Å². The van der Waals surface area contributed by atoms with E-state index in [1.807, 2.05) is 6.92 Å². The molecule has 2 rings (SSSR count). The first-order valence-electron chi connectivity index (χ1n) is 7.94. The lowest BCUT2D eigenvalue weighted by Crippen LogP contribution is -2.34. The number of aromatic hydroxyl groups is 1. The molecule has 0 aliphatic rings. The molecule has 0 heterocycles. The van der Waals surface area contributed by atoms with Crippen LogP contribution in [-0.4, -0.2) is 42.7 Å². The van der Waals surface area contributed by atoms with Crippen LogP contribution in [0.15, 0.2) is 42.5 Å². The molecule has 128 valence electrons. The highest BCUT2D eigenvalue weighted by Gasteiger charge is 2.16. The number of rotatable bonds is 7. The molecule has 0 saturated heterocycles. The molecule has 4 nitrogen and oxygen atoms in total. The van der Waals surface area contributed by atoms with Crippen molar-refractivity contribution in [3.05, 3.63) is 53.8 Å². The van der Waals surface area contributed by atoms with E-state index in [-0.39, 0.29) is 5.91 Å². The van der Waals surface area contributed by atoms with Crippen LogP contribution in [0, 0.1) is 5.82 Å². The smallest absolute Gasteiger partial charge is 0.253 e. The molecule has 0 spiro atoms. The van der Waals surface area contributed by atoms with E-state index < -0.39 is 11.6 Å². The molecule has 0 aliphatic carbocycles. The van der Waals surface area contributed by atoms with E-state index >= 15 is 0 Å². The summed E-state index contributed by atoms with van der Waals surface area (Å²) in [5.74, 6) is -1.20. The molecule has 2 aromatic carbocycles. The van der Waals surface area contributed by atoms with Crippen LogP contribution in [0.2, 0.25) is 0 Å². The summed E-state index contributed by atoms with van der Waals surface area (Å²) >= 11 is 0. The Balaban J connectivity index is 2.32. The molecule has 0 fully saturated rings. The van der Waals surface area contributed by atoms with Gasteiger partial charge in [0.2, 0.25) is 0 Å². The van der Waals surface area contributed by atoms with E-state index in [1.165, 1.54) is 12.1 Å². The fraction of sp³-hybridized carbons (Fsp3) is 0.316. The van der Waals surface area contributed by atoms with Crippen LogP contribution in [0.25, 0.3) is 11.1 Å². The molecule has 0 unspecified atom stereocenters. The SMILES string of the molecule is CCCN(CCOC)C(=O)c1cccc(-c2cccc(F)c2O)c1. The molecular weight excluding hydrogens is 309 g/mol. The van der Waals surface area contributed by atoms with Gasteiger partial charge in [-0.1, -0.05) is 31.2 Å². The number of para-hydroxylation sites is 1. The summed E-state index contributed by atoms with van der Waals surface area (Å²) in [5, 5.41) is 9.90. The summed E-state index contributed by atoms with van der Waals surface area (Å²) in [7, 11) is 1.60. The summed E-state index contributed by atoms with van der Waals surface area (Å²) in [6.45, 7) is 3.63. The van der Waals surface area contributed by atoms with Crippen molar-refractivity contribution >= 4 is 5.91 Å². The third-order valence-corrected chi connectivity index (χ3v) is 3.75. The third-order valence-electron chi connectivity index (χ3n) is 3.75. The van der Waals surface area contributed by atoms with Gasteiger partial charge in [0.1, 0.15) is 0 Å². The maximum Gasteiger partial charge on any atom is 0.253 e. The average Bonchev–Trinajstić information content (AvgIpc) is 2.60. The summed E-state index contributed by atoms with van der Waals surface area (Å²) < 4.78 is 18.6. The largest absolute Gasteiger partial charge is 0.504 e. The van der Waals surface area contributed by atoms with Gasteiger partial charge >= 0.3 is 0 Å². The van der Waals surface area contributed by atoms with Crippen molar-refractivity contribution < 1.29 is 19.0 Å². The van der Waals surface area contributed by atoms with E-state index in [0.29, 0.717) is 36.4 Å². The van der Waals surface area contributed by atoms with E-state index in [9.17, 15) is 14.3 Å². The Labute approximate surface area is 141 Å². The first-order valence-corrected chi connectivity index (χ1v) is 7.94. The molecule has 0 atom stereocenters. The zero-order valence-electron chi connectivity index (χ0n) is 14.0. The summed E-state index contributed by atoms with van der Waals surface area (Å²) in [6.07, 6.45) is 0.847. The van der Waals surface area contributed by atoms with Crippen LogP contribution in [0.3, 0.4) is 0 Å². The number of carbonyl (C=O) groups is 1. The Morgan fingerprint density at radius 1 is 1.21 bits per heavy atom. The summed E-state index contributed by atoms with van der Waals surface area (Å²) in [5.41, 5.74) is 1.46. The van der Waals surface area contributed by atoms with Crippen molar-refractivity contribution in [2.75, 3.05) is 26.8 Å². The number of hydrogen-bond acceptors (Lipinski definition) is 3. The minimum Gasteiger partial charge on any atom is -0.504 e. The van der Waals surface area contributed by atoms with Gasteiger partial charge in [0.05, 0.1) is 6.61 Å². The van der Waals surface area contributed by atoms with Gasteiger partial charge in [-0.3, -0.25) is 4.79 Å². The number of phenols is 1. The fourth-order valence-electron chi connectivity index (χ4n) is 2.54. The van der Waals surface area contributed by atoms with E-state index in [0.717, 1.165) is 6.42 Å². The minimum absolute atomic E-state index is 0.105. The average molecular weight is 331 g/mol. The second kappa shape index (κ2) is 8.45. The fourth-order valence-corrected chi connectivity index (χ4v) is 2.54. The number of ether oxygens (including phenoxy) is 1. The van der Waals surface area contributed by atoms with E-state index in [2.05, 4.69) is 0 Å². The second-order valence-corrected chi connectivity index (χ2v) is 5.50. The van der Waals surface area contributed by atoms with Gasteiger partial charge in [-0.05, 0) is 30.2 Å². The number of halogens is 1. The minimum atomic E-state index is -0.683. The van der Waals surface area contributed by atoms with Gasteiger partial charge in [-0.15, -0.1) is 0 Å². The molecule has 0 aromatic heterocycles. The molecule has 0 bridgehead atoms. The predicted octanol–water partition coefficient (Wildman–Crippen LogP) is 3.70. The lowest BCUT2D eigenvalue weighted by atomic mass is 10.0. The standard InChI is InChI=1S/C19H22FNO3/c1-3-10-21(11-12-24-2)19(23)15-7-4-6-14(13-15)16-8-5-9-17(20)18(16)22/h4-9,13,22H,3,10-12H2,1-2H3. The predicted molar refractivity (Wildman–Crippen MR) is 91.6 cm³/mol. The van der Waals surface area contributed by atoms with Crippen LogP contribution in [0.5, 0.6) is 5.75 Å². The van der Waals surface area contributed by atoms with Crippen molar-refractivity contribution in [1.82, 2.24) is 4.90 Å². The zero-order valence-corrected chi connectivity index (χ0v) is 14.0. The second-order valence-electron chi connectivity index (χ2n) is 5.50. The molecule has 5 heteroatoms. The number of hydrogen-bond donors (Lipinski definition) is 1. The van der Waals surface area contributed by atoms with Crippen molar-refractivity contribution in [3.63, 3.8) is 0 Å². The van der Waals surface area contributed by atoms with E-state index in [4.69, 9.17) is 4.74 Å². The molecule has 2 aromatic rings. The number of carbonyl (C=O) groups excluding carboxylic acids is 1. The maximum atomic E-state index is 13.6. The highest BCUT2D eigenvalue weighted by molar-refractivity contribution is 5.95. The Bertz CT molecular complexity index is 703. The highest BCUT2D eigenvalue weighted by atomic mass is 19.1. The van der Waals surface area contributed by atoms with Gasteiger partial charge in [-0.2, -0.15) is 0 Å². The number of benzene rings is 2. The van der Waals surface area contributed by atoms with Crippen molar-refractivity contribution in [1.29, 1.82) is 0 Å². The lowest BCUT2D eigenvalue weighted by molar-refractivity contribution is 0.0695. The highest BCUT2D eigenvalue weighted by Crippen LogP contribution is 2.31. The van der Waals surface area contributed by atoms with E-state index in [1.54, 1.807) is 42.3 Å². The Morgan fingerprint density at radius 2 is 1.96 bits per heavy atom. The number of methoxy groups -OCH3 is 1. The maximum absolute atomic E-state index is 13.6. The van der Waals surface area contributed by atoms with Crippen LogP contribution < -0.4 is 0 Å². The molecule has 0 saturated carbocycles. The molecule has 0 radical (unpaired) electrons. The molecule has 1 amide bonds. The topological polar surface area (TPSA) is 49.8 Å². The zero-order chi connectivity index (χ0) is 17.5. The van der Waals surface area contributed by atoms with Gasteiger partial charge in [0, 0.05) is 31.3 Å². The van der Waals surface area contributed by atoms with Crippen molar-refractivity contribution in [2.24, 2.45) is 0 Å². The van der Waals surface area contributed by atoms with Crippen LogP contribution in [0.4, 0.5) is 4.39 Å². The monoisotopic (exact) mass is 331 g/mol. The summed E-state index contributed by atoms with van der Waals surface area (Å²) in [6, 6.07) is 11.2. The normalized spacial score (nSPS) is 10.6. The quantitative estimate of drug-likeness (QED) is 0.842. The van der Waals surface area contributed by atoms with Crippen LogP contribution in [-0.2, 0) is 4.74 Å². The molecule has 24 heavy (non-hydrogen) atoms. The first-order chi connectivity index (χ1) is 11.6. The number of amides is 1. The Morgan fingerprint density at radius 3 is 2.67 bits per heavy atom. The number of nitrogens with zero attached hydrogens (tertiary/aromatic N) is 1. The third kappa shape index (κ3) is 4.11. The van der Waals surface area contributed by atoms with Gasteiger partial charge in [0.25, 0.3) is 5.91 Å². The van der Waals surface area contributed by atoms with Crippen molar-refractivity contribution in [2.45, 2.75) is 13.3 Å². The van der Waals surface area contributed by atoms with Crippen molar-refractivity contribution in [3.8, 4) is 16.9 Å². The van der Waals surface area contributed by atoms with Crippen LogP contribution >= 0.6 is 0 Å². The lowest BCUT2D eigenvalue weighted by Gasteiger charge is -2.22. The molecule has 1 N–H and O–H groups in total. The Kier molecular flexibility index (Phi) is 6.32. The first kappa shape index (κ1) is 17.9. The van der Waals surface area contributed by atoms with Gasteiger partial charge in [0.15, 0.2) is 11.6 Å². The van der Waals surface area contributed by atoms with Crippen LogP contribution in [0.1, 0.15) is 23.7 Å². The molecular formula is C19H22FNO3. The van der Waals surface area contributed by atoms with Gasteiger partial charge < -0.3 is 14.7 Å². The molecule has 0 aliphatic heterocycles. The number of phenolic OH excluding ortho intramolecular Hbond substituents is 1. The summed E-state index contributed by atoms with van der Waals surface area (Å²) in [4.78, 5) is 14.4. The Hall–Kier alpha value is -2.40.